The third-order valence-corrected chi connectivity index (χ3v) is 11.3. The predicted molar refractivity (Wildman–Crippen MR) is 186 cm³/mol. The SMILES string of the molecule is CCC=CCSCCNC(=O)CCNC(=O)[C@H](O)C(C)(C)COP(=O)(O)OP(=O)(O)OC[C@H]1O[C@@H](n2cnc3c(N)ncnc32)[C@H](O)[C@@H]1OP(=O)(O)O. The van der Waals surface area contributed by atoms with Gasteiger partial charge in [0.2, 0.25) is 11.8 Å². The highest BCUT2D eigenvalue weighted by Crippen LogP contribution is 2.61. The minimum Gasteiger partial charge on any atom is -0.386 e. The second kappa shape index (κ2) is 19.5. The van der Waals surface area contributed by atoms with Gasteiger partial charge in [0.1, 0.15) is 36.3 Å². The van der Waals surface area contributed by atoms with Crippen molar-refractivity contribution in [1.82, 2.24) is 30.2 Å². The Morgan fingerprint density at radius 3 is 2.47 bits per heavy atom. The van der Waals surface area contributed by atoms with Gasteiger partial charge in [-0.25, -0.2) is 28.6 Å². The summed E-state index contributed by atoms with van der Waals surface area (Å²) in [4.78, 5) is 75.4. The summed E-state index contributed by atoms with van der Waals surface area (Å²) in [5.41, 5.74) is 4.31. The highest BCUT2D eigenvalue weighted by molar-refractivity contribution is 7.99. The Kier molecular flexibility index (Phi) is 16.5. The summed E-state index contributed by atoms with van der Waals surface area (Å²) in [6.07, 6.45) is -1.69. The number of aromatic nitrogens is 4. The van der Waals surface area contributed by atoms with Crippen LogP contribution in [0.3, 0.4) is 0 Å². The van der Waals surface area contributed by atoms with E-state index in [4.69, 9.17) is 19.5 Å². The lowest BCUT2D eigenvalue weighted by atomic mass is 9.87. The molecule has 2 aromatic rings. The monoisotopic (exact) mass is 835 g/mol. The van der Waals surface area contributed by atoms with E-state index >= 15 is 0 Å². The number of nitrogen functional groups attached to an aromatic ring is 1. The molecule has 0 aliphatic carbocycles. The number of nitrogens with two attached hydrogens (primary N) is 1. The molecule has 1 saturated heterocycles. The number of anilines is 1. The number of phosphoric ester groups is 3. The Morgan fingerprint density at radius 1 is 1.09 bits per heavy atom. The molecule has 1 aliphatic rings. The van der Waals surface area contributed by atoms with Crippen LogP contribution in [0, 0.1) is 5.41 Å². The number of phosphoric acid groups is 3. The van der Waals surface area contributed by atoms with Gasteiger partial charge >= 0.3 is 23.5 Å². The second-order valence-electron chi connectivity index (χ2n) is 12.0. The average Bonchev–Trinajstić information content (AvgIpc) is 3.62. The zero-order valence-electron chi connectivity index (χ0n) is 28.7. The van der Waals surface area contributed by atoms with Crippen LogP contribution in [0.2, 0.25) is 0 Å². The number of aliphatic hydroxyl groups excluding tert-OH is 2. The number of amides is 2. The number of rotatable bonds is 22. The molecule has 0 bridgehead atoms. The lowest BCUT2D eigenvalue weighted by Gasteiger charge is -2.30. The number of nitrogens with zero attached hydrogens (tertiary/aromatic N) is 4. The first-order valence-electron chi connectivity index (χ1n) is 15.8. The number of thioether (sulfide) groups is 1. The van der Waals surface area contributed by atoms with Crippen LogP contribution in [0.25, 0.3) is 11.2 Å². The van der Waals surface area contributed by atoms with E-state index in [1.165, 1.54) is 13.8 Å². The molecule has 7 atom stereocenters. The summed E-state index contributed by atoms with van der Waals surface area (Å²) < 4.78 is 62.0. The number of carbonyl (C=O) groups excluding carboxylic acids is 2. The Balaban J connectivity index is 1.51. The first-order chi connectivity index (χ1) is 24.7. The molecule has 0 saturated carbocycles. The van der Waals surface area contributed by atoms with Crippen LogP contribution >= 0.6 is 35.2 Å². The fourth-order valence-electron chi connectivity index (χ4n) is 4.59. The minimum atomic E-state index is -5.55. The molecular weight excluding hydrogens is 791 g/mol. The predicted octanol–water partition coefficient (Wildman–Crippen LogP) is 0.104. The van der Waals surface area contributed by atoms with E-state index in [1.54, 1.807) is 11.8 Å². The first-order valence-corrected chi connectivity index (χ1v) is 21.5. The average molecular weight is 836 g/mol. The van der Waals surface area contributed by atoms with E-state index in [-0.39, 0.29) is 35.9 Å². The van der Waals surface area contributed by atoms with E-state index in [2.05, 4.69) is 34.4 Å². The van der Waals surface area contributed by atoms with Crippen molar-refractivity contribution in [3.63, 3.8) is 0 Å². The lowest BCUT2D eigenvalue weighted by molar-refractivity contribution is -0.137. The highest BCUT2D eigenvalue weighted by atomic mass is 32.2. The van der Waals surface area contributed by atoms with Gasteiger partial charge in [-0.1, -0.05) is 32.9 Å². The van der Waals surface area contributed by atoms with Crippen molar-refractivity contribution in [3.05, 3.63) is 24.8 Å². The molecule has 23 nitrogen and oxygen atoms in total. The number of hydrogen-bond acceptors (Lipinski definition) is 17. The second-order valence-corrected chi connectivity index (χ2v) is 17.4. The van der Waals surface area contributed by atoms with Gasteiger partial charge in [-0.2, -0.15) is 16.1 Å². The van der Waals surface area contributed by atoms with E-state index < -0.39 is 78.6 Å². The van der Waals surface area contributed by atoms with Crippen molar-refractivity contribution >= 4 is 64.0 Å². The van der Waals surface area contributed by atoms with Crippen LogP contribution in [0.15, 0.2) is 24.8 Å². The van der Waals surface area contributed by atoms with Crippen LogP contribution in [0.4, 0.5) is 5.82 Å². The molecule has 3 heterocycles. The van der Waals surface area contributed by atoms with Crippen molar-refractivity contribution in [1.29, 1.82) is 0 Å². The van der Waals surface area contributed by atoms with Gasteiger partial charge in [0.25, 0.3) is 0 Å². The molecule has 1 fully saturated rings. The summed E-state index contributed by atoms with van der Waals surface area (Å²) >= 11 is 1.64. The van der Waals surface area contributed by atoms with Gasteiger partial charge in [-0.3, -0.25) is 27.7 Å². The molecule has 2 amide bonds. The largest absolute Gasteiger partial charge is 0.481 e. The molecule has 0 radical (unpaired) electrons. The fourth-order valence-corrected chi connectivity index (χ4v) is 8.10. The molecule has 53 heavy (non-hydrogen) atoms. The van der Waals surface area contributed by atoms with Gasteiger partial charge in [-0.05, 0) is 6.42 Å². The van der Waals surface area contributed by atoms with Gasteiger partial charge < -0.3 is 50.9 Å². The molecule has 10 N–H and O–H groups in total. The summed E-state index contributed by atoms with van der Waals surface area (Å²) in [7, 11) is -16.3. The number of imidazole rings is 1. The number of allylic oxidation sites excluding steroid dienone is 1. The minimum absolute atomic E-state index is 0.0349. The topological polar surface area (TPSA) is 347 Å². The van der Waals surface area contributed by atoms with Gasteiger partial charge in [-0.15, -0.1) is 0 Å². The van der Waals surface area contributed by atoms with Crippen LogP contribution < -0.4 is 16.4 Å². The maximum Gasteiger partial charge on any atom is 0.481 e. The Morgan fingerprint density at radius 2 is 1.79 bits per heavy atom. The first kappa shape index (κ1) is 45.0. The summed E-state index contributed by atoms with van der Waals surface area (Å²) in [5.74, 6) is 0.228. The molecule has 1 aliphatic heterocycles. The lowest BCUT2D eigenvalue weighted by Crippen LogP contribution is -2.46. The normalized spacial score (nSPS) is 22.4. The number of ether oxygens (including phenoxy) is 1. The molecular formula is C26H44N7O16P3S. The van der Waals surface area contributed by atoms with E-state index in [9.17, 15) is 53.1 Å². The van der Waals surface area contributed by atoms with Crippen LogP contribution in [0.5, 0.6) is 0 Å². The van der Waals surface area contributed by atoms with Crippen molar-refractivity contribution in [2.75, 3.05) is 43.5 Å². The third-order valence-electron chi connectivity index (χ3n) is 7.26. The highest BCUT2D eigenvalue weighted by Gasteiger charge is 2.50. The number of aliphatic hydroxyl groups is 2. The van der Waals surface area contributed by atoms with Crippen molar-refractivity contribution in [2.45, 2.75) is 64.3 Å². The van der Waals surface area contributed by atoms with Crippen LogP contribution in [-0.2, 0) is 45.9 Å². The van der Waals surface area contributed by atoms with Crippen LogP contribution in [0.1, 0.15) is 39.8 Å². The summed E-state index contributed by atoms with van der Waals surface area (Å²) in [5, 5.41) is 26.5. The number of nitrogens with one attached hydrogen (secondary N) is 2. The smallest absolute Gasteiger partial charge is 0.386 e. The van der Waals surface area contributed by atoms with E-state index in [0.717, 1.165) is 29.4 Å². The molecule has 2 unspecified atom stereocenters. The van der Waals surface area contributed by atoms with Gasteiger partial charge in [0, 0.05) is 36.4 Å². The molecule has 2 aromatic heterocycles. The number of hydrogen-bond donors (Lipinski definition) is 9. The van der Waals surface area contributed by atoms with Gasteiger partial charge in [0.05, 0.1) is 19.5 Å². The zero-order chi connectivity index (χ0) is 39.6. The van der Waals surface area contributed by atoms with Crippen LogP contribution in [-0.4, -0.2) is 123 Å². The third kappa shape index (κ3) is 14.0. The number of fused-ring (bicyclic) bond motifs is 1. The van der Waals surface area contributed by atoms with Crippen molar-refractivity contribution < 1.29 is 75.7 Å². The Hall–Kier alpha value is -2.37. The van der Waals surface area contributed by atoms with Gasteiger partial charge in [0.15, 0.2) is 17.7 Å². The summed E-state index contributed by atoms with van der Waals surface area (Å²) in [6, 6.07) is 0. The molecule has 0 aromatic carbocycles. The Labute approximate surface area is 307 Å². The summed E-state index contributed by atoms with van der Waals surface area (Å²) in [6.45, 7) is 2.91. The molecule has 3 rings (SSSR count). The standard InChI is InChI=1S/C26H44N7O16P3S/c1-4-5-6-10-53-11-9-28-17(34)7-8-29-24(37)21(36)26(2,3)13-46-52(43,44)49-51(41,42)45-12-16-20(48-50(38,39)40)19(35)25(47-16)33-15-32-18-22(27)30-14-31-23(18)33/h5-6,14-16,19-21,25,35-36H,4,7-13H2,1-3H3,(H,28,34)(H,29,37)(H,41,42)(H,43,44)(H2,27,30,31)(H2,38,39,40)/t16-,19-,20-,21+,25-/m1/s1. The quantitative estimate of drug-likeness (QED) is 0.0431. The maximum absolute atomic E-state index is 12.6. The fraction of sp³-hybridized carbons (Fsp3) is 0.654. The molecule has 300 valence electrons. The Bertz CT molecular complexity index is 1730. The maximum atomic E-state index is 12.6. The number of carbonyl (C=O) groups is 2. The van der Waals surface area contributed by atoms with Crippen molar-refractivity contribution in [3.8, 4) is 0 Å². The zero-order valence-corrected chi connectivity index (χ0v) is 32.2. The van der Waals surface area contributed by atoms with Crippen molar-refractivity contribution in [2.24, 2.45) is 5.41 Å². The van der Waals surface area contributed by atoms with E-state index in [0.29, 0.717) is 12.3 Å². The molecule has 0 spiro atoms. The van der Waals surface area contributed by atoms with E-state index in [1.807, 2.05) is 19.1 Å². The molecule has 27 heteroatoms.